The molecule has 0 saturated heterocycles. The molecule has 0 fully saturated rings. The van der Waals surface area contributed by atoms with Crippen LogP contribution in [0, 0.1) is 13.8 Å². The zero-order chi connectivity index (χ0) is 11.5. The van der Waals surface area contributed by atoms with E-state index < -0.39 is 0 Å². The van der Waals surface area contributed by atoms with Crippen molar-refractivity contribution in [1.82, 2.24) is 14.8 Å². The normalized spacial score (nSPS) is 10.4. The Morgan fingerprint density at radius 1 is 1.31 bits per heavy atom. The maximum atomic E-state index is 4.29. The van der Waals surface area contributed by atoms with Gasteiger partial charge in [-0.25, -0.2) is 4.98 Å². The molecule has 2 heterocycles. The van der Waals surface area contributed by atoms with Gasteiger partial charge in [0.15, 0.2) is 0 Å². The summed E-state index contributed by atoms with van der Waals surface area (Å²) >= 11 is 0. The number of aryl methyl sites for hydroxylation is 3. The van der Waals surface area contributed by atoms with Crippen LogP contribution in [0.3, 0.4) is 0 Å². The van der Waals surface area contributed by atoms with Gasteiger partial charge in [0, 0.05) is 31.5 Å². The third kappa shape index (κ3) is 2.39. The van der Waals surface area contributed by atoms with Crippen LogP contribution in [0.2, 0.25) is 0 Å². The van der Waals surface area contributed by atoms with Crippen LogP contribution >= 0.6 is 0 Å². The van der Waals surface area contributed by atoms with Crippen molar-refractivity contribution in [2.45, 2.75) is 20.4 Å². The number of nitrogens with one attached hydrogen (secondary N) is 1. The summed E-state index contributed by atoms with van der Waals surface area (Å²) in [5.41, 5.74) is 3.43. The highest BCUT2D eigenvalue weighted by molar-refractivity contribution is 5.36. The van der Waals surface area contributed by atoms with Gasteiger partial charge in [0.05, 0.1) is 5.69 Å². The summed E-state index contributed by atoms with van der Waals surface area (Å²) in [5, 5.41) is 7.57. The molecule has 0 atom stereocenters. The molecule has 0 saturated carbocycles. The summed E-state index contributed by atoms with van der Waals surface area (Å²) in [4.78, 5) is 4.29. The van der Waals surface area contributed by atoms with Gasteiger partial charge in [-0.1, -0.05) is 6.07 Å². The Morgan fingerprint density at radius 3 is 2.69 bits per heavy atom. The number of hydrogen-bond donors (Lipinski definition) is 1. The third-order valence-corrected chi connectivity index (χ3v) is 2.49. The van der Waals surface area contributed by atoms with Crippen molar-refractivity contribution in [3.8, 4) is 0 Å². The number of pyridine rings is 1. The molecule has 0 aliphatic heterocycles. The van der Waals surface area contributed by atoms with Gasteiger partial charge < -0.3 is 5.32 Å². The van der Waals surface area contributed by atoms with Crippen LogP contribution in [-0.4, -0.2) is 14.8 Å². The van der Waals surface area contributed by atoms with E-state index in [-0.39, 0.29) is 0 Å². The van der Waals surface area contributed by atoms with E-state index in [1.54, 1.807) is 0 Å². The summed E-state index contributed by atoms with van der Waals surface area (Å²) in [6.07, 6.45) is 3.88. The molecule has 84 valence electrons. The number of rotatable bonds is 3. The van der Waals surface area contributed by atoms with Crippen molar-refractivity contribution in [1.29, 1.82) is 0 Å². The molecule has 0 bridgehead atoms. The molecular formula is C12H16N4. The van der Waals surface area contributed by atoms with E-state index in [1.807, 2.05) is 50.1 Å². The van der Waals surface area contributed by atoms with Crippen LogP contribution < -0.4 is 5.32 Å². The highest BCUT2D eigenvalue weighted by Crippen LogP contribution is 2.09. The standard InChI is InChI=1S/C12H16N4/c1-9-4-5-12(13-6-9)14-7-11-8-16(3)15-10(11)2/h4-6,8H,7H2,1-3H3,(H,13,14). The van der Waals surface area contributed by atoms with E-state index in [4.69, 9.17) is 0 Å². The zero-order valence-electron chi connectivity index (χ0n) is 9.86. The van der Waals surface area contributed by atoms with E-state index >= 15 is 0 Å². The van der Waals surface area contributed by atoms with Gasteiger partial charge in [-0.05, 0) is 25.5 Å². The first-order valence-electron chi connectivity index (χ1n) is 5.31. The van der Waals surface area contributed by atoms with Crippen molar-refractivity contribution in [2.75, 3.05) is 5.32 Å². The topological polar surface area (TPSA) is 42.7 Å². The fourth-order valence-corrected chi connectivity index (χ4v) is 1.58. The molecule has 0 aliphatic carbocycles. The first kappa shape index (κ1) is 10.7. The quantitative estimate of drug-likeness (QED) is 0.853. The highest BCUT2D eigenvalue weighted by atomic mass is 15.3. The molecule has 2 aromatic heterocycles. The molecule has 1 N–H and O–H groups in total. The molecular weight excluding hydrogens is 200 g/mol. The van der Waals surface area contributed by atoms with Crippen LogP contribution in [0.1, 0.15) is 16.8 Å². The van der Waals surface area contributed by atoms with Gasteiger partial charge in [-0.15, -0.1) is 0 Å². The predicted octanol–water partition coefficient (Wildman–Crippen LogP) is 2.04. The summed E-state index contributed by atoms with van der Waals surface area (Å²) in [6, 6.07) is 4.03. The largest absolute Gasteiger partial charge is 0.366 e. The zero-order valence-corrected chi connectivity index (χ0v) is 9.86. The van der Waals surface area contributed by atoms with Crippen LogP contribution in [0.15, 0.2) is 24.5 Å². The Hall–Kier alpha value is -1.84. The summed E-state index contributed by atoms with van der Waals surface area (Å²) < 4.78 is 1.83. The van der Waals surface area contributed by atoms with Gasteiger partial charge in [0.1, 0.15) is 5.82 Å². The van der Waals surface area contributed by atoms with Crippen LogP contribution in [0.5, 0.6) is 0 Å². The Bertz CT molecular complexity index is 470. The Labute approximate surface area is 95.3 Å². The second kappa shape index (κ2) is 4.35. The molecule has 2 rings (SSSR count). The minimum atomic E-state index is 0.760. The lowest BCUT2D eigenvalue weighted by Crippen LogP contribution is -2.01. The monoisotopic (exact) mass is 216 g/mol. The maximum Gasteiger partial charge on any atom is 0.126 e. The van der Waals surface area contributed by atoms with Crippen molar-refractivity contribution >= 4 is 5.82 Å². The Morgan fingerprint density at radius 2 is 2.12 bits per heavy atom. The first-order chi connectivity index (χ1) is 7.65. The van der Waals surface area contributed by atoms with Crippen LogP contribution in [0.25, 0.3) is 0 Å². The molecule has 0 radical (unpaired) electrons. The lowest BCUT2D eigenvalue weighted by molar-refractivity contribution is 0.756. The average molecular weight is 216 g/mol. The molecule has 0 aliphatic rings. The van der Waals surface area contributed by atoms with Crippen molar-refractivity contribution in [3.05, 3.63) is 41.3 Å². The van der Waals surface area contributed by atoms with E-state index in [0.29, 0.717) is 0 Å². The van der Waals surface area contributed by atoms with Gasteiger partial charge in [-0.3, -0.25) is 4.68 Å². The second-order valence-corrected chi connectivity index (χ2v) is 3.99. The number of anilines is 1. The minimum absolute atomic E-state index is 0.760. The molecule has 0 aromatic carbocycles. The van der Waals surface area contributed by atoms with E-state index in [1.165, 1.54) is 11.1 Å². The number of aromatic nitrogens is 3. The first-order valence-corrected chi connectivity index (χ1v) is 5.31. The number of hydrogen-bond acceptors (Lipinski definition) is 3. The predicted molar refractivity (Wildman–Crippen MR) is 64.2 cm³/mol. The Balaban J connectivity index is 2.02. The number of nitrogens with zero attached hydrogens (tertiary/aromatic N) is 3. The highest BCUT2D eigenvalue weighted by Gasteiger charge is 2.02. The molecule has 16 heavy (non-hydrogen) atoms. The molecule has 0 spiro atoms. The summed E-state index contributed by atoms with van der Waals surface area (Å²) in [6.45, 7) is 4.80. The van der Waals surface area contributed by atoms with Gasteiger partial charge >= 0.3 is 0 Å². The lowest BCUT2D eigenvalue weighted by Gasteiger charge is -2.04. The molecule has 4 heteroatoms. The van der Waals surface area contributed by atoms with Gasteiger partial charge in [-0.2, -0.15) is 5.10 Å². The van der Waals surface area contributed by atoms with E-state index in [0.717, 1.165) is 18.1 Å². The van der Waals surface area contributed by atoms with E-state index in [2.05, 4.69) is 15.4 Å². The van der Waals surface area contributed by atoms with Crippen LogP contribution in [0.4, 0.5) is 5.82 Å². The minimum Gasteiger partial charge on any atom is -0.366 e. The van der Waals surface area contributed by atoms with Crippen molar-refractivity contribution < 1.29 is 0 Å². The van der Waals surface area contributed by atoms with Crippen molar-refractivity contribution in [3.63, 3.8) is 0 Å². The third-order valence-electron chi connectivity index (χ3n) is 2.49. The Kier molecular flexibility index (Phi) is 2.90. The molecule has 0 amide bonds. The van der Waals surface area contributed by atoms with Gasteiger partial charge in [0.2, 0.25) is 0 Å². The van der Waals surface area contributed by atoms with Crippen molar-refractivity contribution in [2.24, 2.45) is 7.05 Å². The smallest absolute Gasteiger partial charge is 0.126 e. The SMILES string of the molecule is Cc1ccc(NCc2cn(C)nc2C)nc1. The summed E-state index contributed by atoms with van der Waals surface area (Å²) in [5.74, 6) is 0.897. The molecule has 0 unspecified atom stereocenters. The maximum absolute atomic E-state index is 4.29. The second-order valence-electron chi connectivity index (χ2n) is 3.99. The van der Waals surface area contributed by atoms with Gasteiger partial charge in [0.25, 0.3) is 0 Å². The molecule has 2 aromatic rings. The van der Waals surface area contributed by atoms with Crippen LogP contribution in [-0.2, 0) is 13.6 Å². The molecule has 4 nitrogen and oxygen atoms in total. The lowest BCUT2D eigenvalue weighted by atomic mass is 10.2. The fraction of sp³-hybridized carbons (Fsp3) is 0.333. The average Bonchev–Trinajstić information content (AvgIpc) is 2.57. The fourth-order valence-electron chi connectivity index (χ4n) is 1.58. The summed E-state index contributed by atoms with van der Waals surface area (Å²) in [7, 11) is 1.93. The van der Waals surface area contributed by atoms with E-state index in [9.17, 15) is 0 Å².